The summed E-state index contributed by atoms with van der Waals surface area (Å²) in [5, 5.41) is 8.86. The average Bonchev–Trinajstić information content (AvgIpc) is 3.12. The van der Waals surface area contributed by atoms with E-state index in [4.69, 9.17) is 24.8 Å². The number of nitrogens with two attached hydrogens (primary N) is 1. The number of aliphatic carboxylic acids is 1. The van der Waals surface area contributed by atoms with E-state index in [-0.39, 0.29) is 19.4 Å². The minimum absolute atomic E-state index is 0.156. The lowest BCUT2D eigenvalue weighted by molar-refractivity contribution is -0.161. The van der Waals surface area contributed by atoms with E-state index in [1.165, 1.54) is 57.8 Å². The predicted octanol–water partition coefficient (Wildman–Crippen LogP) is 9.83. The minimum Gasteiger partial charge on any atom is -0.480 e. The summed E-state index contributed by atoms with van der Waals surface area (Å²) in [6.45, 7) is 2.62. The first-order chi connectivity index (χ1) is 25.1. The lowest BCUT2D eigenvalue weighted by Gasteiger charge is -2.20. The fourth-order valence-electron chi connectivity index (χ4n) is 5.07. The summed E-state index contributed by atoms with van der Waals surface area (Å²) in [6, 6.07) is -1.52. The van der Waals surface area contributed by atoms with Gasteiger partial charge in [0, 0.05) is 12.8 Å². The molecule has 0 aromatic carbocycles. The van der Waals surface area contributed by atoms with Crippen molar-refractivity contribution in [1.29, 1.82) is 0 Å². The van der Waals surface area contributed by atoms with Crippen molar-refractivity contribution in [1.82, 2.24) is 0 Å². The first-order valence-corrected chi connectivity index (χ1v) is 21.2. The van der Waals surface area contributed by atoms with Crippen molar-refractivity contribution in [2.45, 2.75) is 167 Å². The van der Waals surface area contributed by atoms with Crippen LogP contribution in [0.1, 0.15) is 155 Å². The van der Waals surface area contributed by atoms with Crippen LogP contribution in [0.4, 0.5) is 0 Å². The van der Waals surface area contributed by atoms with Gasteiger partial charge in [-0.25, -0.2) is 4.57 Å². The molecule has 3 atom stereocenters. The number of unbranched alkanes of at least 4 members (excludes halogenated alkanes) is 17. The van der Waals surface area contributed by atoms with Gasteiger partial charge in [0.1, 0.15) is 12.6 Å². The third-order valence-corrected chi connectivity index (χ3v) is 9.14. The number of rotatable bonds is 36. The summed E-state index contributed by atoms with van der Waals surface area (Å²) in [5.74, 6) is -2.41. The lowest BCUT2D eigenvalue weighted by atomic mass is 10.0. The number of hydrogen-bond donors (Lipinski definition) is 3. The molecule has 11 nitrogen and oxygen atoms in total. The van der Waals surface area contributed by atoms with Crippen molar-refractivity contribution < 1.29 is 47.5 Å². The molecule has 0 aromatic heterocycles. The largest absolute Gasteiger partial charge is 0.480 e. The number of carboxylic acids is 1. The number of phosphoric ester groups is 1. The van der Waals surface area contributed by atoms with Crippen LogP contribution in [0, 0.1) is 0 Å². The van der Waals surface area contributed by atoms with Crippen LogP contribution in [0.15, 0.2) is 48.6 Å². The molecule has 0 heterocycles. The number of hydrogen-bond acceptors (Lipinski definition) is 9. The number of carbonyl (C=O) groups excluding carboxylic acids is 2. The lowest BCUT2D eigenvalue weighted by Crippen LogP contribution is -2.34. The van der Waals surface area contributed by atoms with Gasteiger partial charge < -0.3 is 25.2 Å². The average molecular weight is 756 g/mol. The predicted molar refractivity (Wildman–Crippen MR) is 208 cm³/mol. The Morgan fingerprint density at radius 2 is 1.08 bits per heavy atom. The SMILES string of the molecule is CC/C=C/C=C/C=C/C=C/CCCCCCCC(=O)OC[C@H](COP(=O)(O)OC[C@H](N)C(=O)O)OC(=O)CCCCCCCCCCCCCCC. The molecule has 0 spiro atoms. The van der Waals surface area contributed by atoms with E-state index >= 15 is 0 Å². The molecule has 1 unspecified atom stereocenters. The molecule has 12 heteroatoms. The highest BCUT2D eigenvalue weighted by molar-refractivity contribution is 7.47. The van der Waals surface area contributed by atoms with E-state index in [0.29, 0.717) is 12.8 Å². The topological polar surface area (TPSA) is 172 Å². The maximum atomic E-state index is 12.6. The van der Waals surface area contributed by atoms with Crippen LogP contribution in [0.3, 0.4) is 0 Å². The molecule has 0 saturated heterocycles. The van der Waals surface area contributed by atoms with Crippen LogP contribution in [-0.2, 0) is 37.5 Å². The van der Waals surface area contributed by atoms with Gasteiger partial charge in [0.05, 0.1) is 13.2 Å². The summed E-state index contributed by atoms with van der Waals surface area (Å²) >= 11 is 0. The summed E-state index contributed by atoms with van der Waals surface area (Å²) in [5.41, 5.74) is 5.32. The Labute approximate surface area is 314 Å². The van der Waals surface area contributed by atoms with Crippen molar-refractivity contribution >= 4 is 25.7 Å². The van der Waals surface area contributed by atoms with Crippen LogP contribution in [0.25, 0.3) is 0 Å². The van der Waals surface area contributed by atoms with Crippen LogP contribution in [-0.4, -0.2) is 59.9 Å². The quantitative estimate of drug-likeness (QED) is 0.0241. The van der Waals surface area contributed by atoms with E-state index in [2.05, 4.69) is 30.5 Å². The molecular formula is C40H70NO10P. The van der Waals surface area contributed by atoms with Crippen LogP contribution >= 0.6 is 7.82 Å². The zero-order valence-corrected chi connectivity index (χ0v) is 33.0. The minimum atomic E-state index is -4.72. The smallest absolute Gasteiger partial charge is 0.472 e. The Morgan fingerprint density at radius 3 is 1.62 bits per heavy atom. The number of carbonyl (C=O) groups is 3. The Balaban J connectivity index is 4.46. The van der Waals surface area contributed by atoms with Gasteiger partial charge in [0.25, 0.3) is 0 Å². The zero-order valence-electron chi connectivity index (χ0n) is 32.1. The van der Waals surface area contributed by atoms with Crippen molar-refractivity contribution in [3.05, 3.63) is 48.6 Å². The molecule has 0 bridgehead atoms. The zero-order chi connectivity index (χ0) is 38.5. The molecule has 0 saturated carbocycles. The van der Waals surface area contributed by atoms with Gasteiger partial charge in [0.15, 0.2) is 6.10 Å². The normalized spacial score (nSPS) is 14.4. The van der Waals surface area contributed by atoms with Gasteiger partial charge in [0.2, 0.25) is 0 Å². The van der Waals surface area contributed by atoms with Gasteiger partial charge >= 0.3 is 25.7 Å². The van der Waals surface area contributed by atoms with E-state index in [1.807, 2.05) is 36.5 Å². The van der Waals surface area contributed by atoms with Crippen LogP contribution < -0.4 is 5.73 Å². The highest BCUT2D eigenvalue weighted by atomic mass is 31.2. The number of esters is 2. The first kappa shape index (κ1) is 49.4. The first-order valence-electron chi connectivity index (χ1n) is 19.7. The van der Waals surface area contributed by atoms with E-state index in [9.17, 15) is 23.8 Å². The van der Waals surface area contributed by atoms with Crippen molar-refractivity contribution in [2.75, 3.05) is 19.8 Å². The molecule has 0 aliphatic rings. The van der Waals surface area contributed by atoms with Crippen LogP contribution in [0.2, 0.25) is 0 Å². The standard InChI is InChI=1S/C40H70NO10P/c1-3-5-7-9-11-13-15-17-18-20-21-23-25-27-29-31-38(42)48-33-36(34-49-52(46,47)50-35-37(41)40(44)45)51-39(43)32-30-28-26-24-22-19-16-14-12-10-8-6-4-2/h5,7,9,11,13,15,17-18,36-37H,3-4,6,8,10,12,14,16,19-35,41H2,1-2H3,(H,44,45)(H,46,47)/b7-5+,11-9+,15-13+,18-17+/t36-,37+/m1/s1. The Hall–Kier alpha value is -2.56. The molecule has 0 aliphatic carbocycles. The van der Waals surface area contributed by atoms with Gasteiger partial charge in [-0.1, -0.05) is 159 Å². The fraction of sp³-hybridized carbons (Fsp3) is 0.725. The summed E-state index contributed by atoms with van der Waals surface area (Å²) in [6.07, 6.45) is 37.5. The van der Waals surface area contributed by atoms with Gasteiger partial charge in [-0.05, 0) is 32.1 Å². The second-order valence-electron chi connectivity index (χ2n) is 13.1. The van der Waals surface area contributed by atoms with Gasteiger partial charge in [-0.2, -0.15) is 0 Å². The third-order valence-electron chi connectivity index (χ3n) is 8.19. The molecule has 0 rings (SSSR count). The molecule has 0 aromatic rings. The second-order valence-corrected chi connectivity index (χ2v) is 14.6. The van der Waals surface area contributed by atoms with Crippen molar-refractivity contribution in [3.63, 3.8) is 0 Å². The molecule has 0 radical (unpaired) electrons. The molecule has 4 N–H and O–H groups in total. The maximum Gasteiger partial charge on any atom is 0.472 e. The van der Waals surface area contributed by atoms with Crippen molar-refractivity contribution in [2.24, 2.45) is 5.73 Å². The summed E-state index contributed by atoms with van der Waals surface area (Å²) in [7, 11) is -4.72. The maximum absolute atomic E-state index is 12.6. The Kier molecular flexibility index (Phi) is 33.7. The summed E-state index contributed by atoms with van der Waals surface area (Å²) < 4.78 is 32.6. The Morgan fingerprint density at radius 1 is 0.615 bits per heavy atom. The number of carboxylic acid groups (broad SMARTS) is 1. The van der Waals surface area contributed by atoms with Gasteiger partial charge in [-0.15, -0.1) is 0 Å². The van der Waals surface area contributed by atoms with E-state index in [1.54, 1.807) is 0 Å². The van der Waals surface area contributed by atoms with Gasteiger partial charge in [-0.3, -0.25) is 23.4 Å². The molecule has 0 aliphatic heterocycles. The monoisotopic (exact) mass is 755 g/mol. The van der Waals surface area contributed by atoms with E-state index in [0.717, 1.165) is 57.8 Å². The number of ether oxygens (including phenoxy) is 2. The van der Waals surface area contributed by atoms with Crippen molar-refractivity contribution in [3.8, 4) is 0 Å². The third kappa shape index (κ3) is 34.5. The molecule has 0 fully saturated rings. The molecule has 52 heavy (non-hydrogen) atoms. The van der Waals surface area contributed by atoms with Crippen LogP contribution in [0.5, 0.6) is 0 Å². The molecular weight excluding hydrogens is 685 g/mol. The summed E-state index contributed by atoms with van der Waals surface area (Å²) in [4.78, 5) is 45.8. The Bertz CT molecular complexity index is 1070. The highest BCUT2D eigenvalue weighted by Gasteiger charge is 2.28. The second kappa shape index (κ2) is 35.5. The molecule has 0 amide bonds. The molecule has 300 valence electrons. The van der Waals surface area contributed by atoms with E-state index < -0.39 is 51.1 Å². The fourth-order valence-corrected chi connectivity index (χ4v) is 5.85. The number of phosphoric acid groups is 1. The highest BCUT2D eigenvalue weighted by Crippen LogP contribution is 2.43. The number of allylic oxidation sites excluding steroid dienone is 8.